The number of hydrogen-bond donors (Lipinski definition) is 1. The Balaban J connectivity index is 3.08. The molecule has 0 aromatic heterocycles. The van der Waals surface area contributed by atoms with E-state index in [-0.39, 0.29) is 29.3 Å². The molecule has 0 aliphatic carbocycles. The largest absolute Gasteiger partial charge is 0.481 e. The number of carbonyl (C=O) groups is 2. The first-order chi connectivity index (χ1) is 11.6. The molecule has 0 unspecified atom stereocenters. The Morgan fingerprint density at radius 1 is 1.16 bits per heavy atom. The molecular weight excluding hydrogens is 344 g/mol. The molecule has 7 nitrogen and oxygen atoms in total. The Bertz CT molecular complexity index is 727. The molecule has 0 bridgehead atoms. The zero-order chi connectivity index (χ0) is 19.2. The van der Waals surface area contributed by atoms with Crippen LogP contribution < -0.4 is 0 Å². The Kier molecular flexibility index (Phi) is 7.57. The summed E-state index contributed by atoms with van der Waals surface area (Å²) in [7, 11) is -2.08. The molecule has 0 aliphatic heterocycles. The van der Waals surface area contributed by atoms with Crippen molar-refractivity contribution in [2.45, 2.75) is 38.5 Å². The van der Waals surface area contributed by atoms with Crippen LogP contribution in [0.5, 0.6) is 0 Å². The van der Waals surface area contributed by atoms with Crippen LogP contribution in [0.15, 0.2) is 23.1 Å². The number of aryl methyl sites for hydroxylation is 1. The van der Waals surface area contributed by atoms with E-state index in [2.05, 4.69) is 0 Å². The normalized spacial score (nSPS) is 11.6. The third kappa shape index (κ3) is 5.27. The van der Waals surface area contributed by atoms with Crippen molar-refractivity contribution in [2.24, 2.45) is 0 Å². The summed E-state index contributed by atoms with van der Waals surface area (Å²) in [6, 6.07) is 4.61. The molecule has 0 spiro atoms. The molecule has 1 aromatic rings. The van der Waals surface area contributed by atoms with Gasteiger partial charge in [-0.05, 0) is 31.0 Å². The Labute approximate surface area is 149 Å². The van der Waals surface area contributed by atoms with E-state index in [1.54, 1.807) is 40.0 Å². The maximum atomic E-state index is 12.7. The summed E-state index contributed by atoms with van der Waals surface area (Å²) in [5, 5.41) is 8.66. The molecule has 25 heavy (non-hydrogen) atoms. The van der Waals surface area contributed by atoms with E-state index in [1.165, 1.54) is 15.3 Å². The first-order valence-electron chi connectivity index (χ1n) is 8.23. The number of hydrogen-bond acceptors (Lipinski definition) is 4. The lowest BCUT2D eigenvalue weighted by molar-refractivity contribution is -0.137. The highest BCUT2D eigenvalue weighted by Gasteiger charge is 2.25. The van der Waals surface area contributed by atoms with Crippen molar-refractivity contribution in [3.8, 4) is 0 Å². The smallest absolute Gasteiger partial charge is 0.303 e. The second kappa shape index (κ2) is 8.96. The maximum Gasteiger partial charge on any atom is 0.303 e. The van der Waals surface area contributed by atoms with Gasteiger partial charge < -0.3 is 10.0 Å². The zero-order valence-corrected chi connectivity index (χ0v) is 16.0. The van der Waals surface area contributed by atoms with Crippen LogP contribution in [0.25, 0.3) is 0 Å². The fourth-order valence-corrected chi connectivity index (χ4v) is 4.21. The second-order valence-corrected chi connectivity index (χ2v) is 7.70. The number of aliphatic carboxylic acids is 1. The predicted octanol–water partition coefficient (Wildman–Crippen LogP) is 1.96. The van der Waals surface area contributed by atoms with Crippen molar-refractivity contribution >= 4 is 21.9 Å². The summed E-state index contributed by atoms with van der Waals surface area (Å²) >= 11 is 0. The number of rotatable bonds is 9. The van der Waals surface area contributed by atoms with Crippen molar-refractivity contribution in [3.05, 3.63) is 29.3 Å². The predicted molar refractivity (Wildman–Crippen MR) is 95.1 cm³/mol. The molecule has 0 atom stereocenters. The zero-order valence-electron chi connectivity index (χ0n) is 15.2. The van der Waals surface area contributed by atoms with Gasteiger partial charge in [0.2, 0.25) is 10.0 Å². The average molecular weight is 370 g/mol. The number of carbonyl (C=O) groups excluding carboxylic acids is 1. The topological polar surface area (TPSA) is 95.0 Å². The fourth-order valence-electron chi connectivity index (χ4n) is 2.50. The summed E-state index contributed by atoms with van der Waals surface area (Å²) in [4.78, 5) is 24.6. The second-order valence-electron chi connectivity index (χ2n) is 5.79. The van der Waals surface area contributed by atoms with Gasteiger partial charge in [-0.1, -0.05) is 19.9 Å². The first-order valence-corrected chi connectivity index (χ1v) is 9.67. The molecule has 1 aromatic carbocycles. The van der Waals surface area contributed by atoms with Crippen LogP contribution in [0.4, 0.5) is 0 Å². The SMILES string of the molecule is CCN(CC)S(=O)(=O)c1cc(C(=O)N(C)CCCC(=O)O)ccc1C. The van der Waals surface area contributed by atoms with Gasteiger partial charge in [0.05, 0.1) is 4.90 Å². The highest BCUT2D eigenvalue weighted by molar-refractivity contribution is 7.89. The van der Waals surface area contributed by atoms with E-state index in [9.17, 15) is 18.0 Å². The third-order valence-electron chi connectivity index (χ3n) is 3.99. The lowest BCUT2D eigenvalue weighted by atomic mass is 10.1. The standard InChI is InChI=1S/C17H26N2O5S/c1-5-19(6-2)25(23,24)15-12-14(10-9-13(15)3)17(22)18(4)11-7-8-16(20)21/h9-10,12H,5-8,11H2,1-4H3,(H,20,21). The van der Waals surface area contributed by atoms with Crippen molar-refractivity contribution in [3.63, 3.8) is 0 Å². The third-order valence-corrected chi connectivity index (χ3v) is 6.18. The quantitative estimate of drug-likeness (QED) is 0.717. The molecule has 0 radical (unpaired) electrons. The molecule has 140 valence electrons. The highest BCUT2D eigenvalue weighted by Crippen LogP contribution is 2.22. The van der Waals surface area contributed by atoms with Crippen molar-refractivity contribution in [1.82, 2.24) is 9.21 Å². The monoisotopic (exact) mass is 370 g/mol. The summed E-state index contributed by atoms with van der Waals surface area (Å²) in [6.45, 7) is 6.22. The van der Waals surface area contributed by atoms with Gasteiger partial charge in [0.1, 0.15) is 0 Å². The van der Waals surface area contributed by atoms with Gasteiger partial charge in [-0.2, -0.15) is 4.31 Å². The Morgan fingerprint density at radius 3 is 2.28 bits per heavy atom. The number of carboxylic acids is 1. The average Bonchev–Trinajstić information content (AvgIpc) is 2.54. The lowest BCUT2D eigenvalue weighted by Gasteiger charge is -2.21. The molecule has 1 rings (SSSR count). The maximum absolute atomic E-state index is 12.7. The highest BCUT2D eigenvalue weighted by atomic mass is 32.2. The van der Waals surface area contributed by atoms with Crippen LogP contribution in [-0.2, 0) is 14.8 Å². The molecule has 1 N–H and O–H groups in total. The van der Waals surface area contributed by atoms with Crippen LogP contribution in [-0.4, -0.2) is 61.3 Å². The summed E-state index contributed by atoms with van der Waals surface area (Å²) in [6.07, 6.45) is 0.321. The molecular formula is C17H26N2O5S. The first kappa shape index (κ1) is 21.1. The van der Waals surface area contributed by atoms with Gasteiger partial charge >= 0.3 is 5.97 Å². The van der Waals surface area contributed by atoms with E-state index >= 15 is 0 Å². The van der Waals surface area contributed by atoms with Crippen molar-refractivity contribution in [1.29, 1.82) is 0 Å². The molecule has 0 fully saturated rings. The number of benzene rings is 1. The Morgan fingerprint density at radius 2 is 1.76 bits per heavy atom. The minimum absolute atomic E-state index is 0.0207. The van der Waals surface area contributed by atoms with E-state index in [4.69, 9.17) is 5.11 Å². The summed E-state index contributed by atoms with van der Waals surface area (Å²) < 4.78 is 26.8. The fraction of sp³-hybridized carbons (Fsp3) is 0.529. The van der Waals surface area contributed by atoms with Gasteiger partial charge in [-0.3, -0.25) is 9.59 Å². The number of nitrogens with zero attached hydrogens (tertiary/aromatic N) is 2. The van der Waals surface area contributed by atoms with Gasteiger partial charge in [0.25, 0.3) is 5.91 Å². The van der Waals surface area contributed by atoms with Crippen LogP contribution >= 0.6 is 0 Å². The molecule has 1 amide bonds. The molecule has 0 saturated carbocycles. The van der Waals surface area contributed by atoms with E-state index in [0.29, 0.717) is 25.1 Å². The van der Waals surface area contributed by atoms with Gasteiger partial charge in [0, 0.05) is 38.7 Å². The van der Waals surface area contributed by atoms with Crippen LogP contribution in [0, 0.1) is 6.92 Å². The number of sulfonamides is 1. The van der Waals surface area contributed by atoms with Gasteiger partial charge in [0.15, 0.2) is 0 Å². The van der Waals surface area contributed by atoms with Gasteiger partial charge in [-0.15, -0.1) is 0 Å². The molecule has 0 heterocycles. The van der Waals surface area contributed by atoms with Gasteiger partial charge in [-0.25, -0.2) is 8.42 Å². The van der Waals surface area contributed by atoms with E-state index < -0.39 is 16.0 Å². The van der Waals surface area contributed by atoms with Crippen LogP contribution in [0.2, 0.25) is 0 Å². The minimum atomic E-state index is -3.66. The van der Waals surface area contributed by atoms with E-state index in [0.717, 1.165) is 0 Å². The van der Waals surface area contributed by atoms with Crippen LogP contribution in [0.1, 0.15) is 42.6 Å². The van der Waals surface area contributed by atoms with Crippen molar-refractivity contribution in [2.75, 3.05) is 26.7 Å². The minimum Gasteiger partial charge on any atom is -0.481 e. The van der Waals surface area contributed by atoms with Crippen LogP contribution in [0.3, 0.4) is 0 Å². The van der Waals surface area contributed by atoms with E-state index in [1.807, 2.05) is 0 Å². The molecule has 0 saturated heterocycles. The van der Waals surface area contributed by atoms with Crippen molar-refractivity contribution < 1.29 is 23.1 Å². The number of amides is 1. The lowest BCUT2D eigenvalue weighted by Crippen LogP contribution is -2.32. The summed E-state index contributed by atoms with van der Waals surface area (Å²) in [5.41, 5.74) is 0.853. The molecule has 8 heteroatoms. The number of carboxylic acid groups (broad SMARTS) is 1. The summed E-state index contributed by atoms with van der Waals surface area (Å²) in [5.74, 6) is -1.25. The Hall–Kier alpha value is -1.93. The molecule has 0 aliphatic rings.